The first kappa shape index (κ1) is 29.6. The van der Waals surface area contributed by atoms with Crippen molar-refractivity contribution in [1.82, 2.24) is 23.5 Å². The van der Waals surface area contributed by atoms with Crippen LogP contribution in [0.2, 0.25) is 28.2 Å². The van der Waals surface area contributed by atoms with Crippen molar-refractivity contribution in [2.75, 3.05) is 6.61 Å². The maximum absolute atomic E-state index is 13.4. The molecule has 5 heterocycles. The lowest BCUT2D eigenvalue weighted by atomic mass is 10.1. The van der Waals surface area contributed by atoms with Crippen molar-refractivity contribution in [2.24, 2.45) is 7.05 Å². The van der Waals surface area contributed by atoms with Crippen LogP contribution >= 0.6 is 0 Å². The Morgan fingerprint density at radius 1 is 1.07 bits per heavy atom. The zero-order valence-corrected chi connectivity index (χ0v) is 28.4. The topological polar surface area (TPSA) is 94.0 Å². The summed E-state index contributed by atoms with van der Waals surface area (Å²) < 4.78 is 33.2. The van der Waals surface area contributed by atoms with Crippen molar-refractivity contribution in [3.05, 3.63) is 28.6 Å². The van der Waals surface area contributed by atoms with Gasteiger partial charge >= 0.3 is 8.56 Å². The summed E-state index contributed by atoms with van der Waals surface area (Å²) >= 11 is 0. The van der Waals surface area contributed by atoms with Gasteiger partial charge in [-0.15, -0.1) is 0 Å². The van der Waals surface area contributed by atoms with E-state index in [2.05, 4.69) is 80.4 Å². The molecule has 4 atom stereocenters. The maximum Gasteiger partial charge on any atom is 0.349 e. The van der Waals surface area contributed by atoms with Crippen LogP contribution in [0.5, 0.6) is 0 Å². The van der Waals surface area contributed by atoms with E-state index in [1.165, 1.54) is 0 Å². The fourth-order valence-corrected chi connectivity index (χ4v) is 12.4. The van der Waals surface area contributed by atoms with E-state index in [9.17, 15) is 4.79 Å². The highest BCUT2D eigenvalue weighted by Gasteiger charge is 2.66. The number of rotatable bonds is 3. The summed E-state index contributed by atoms with van der Waals surface area (Å²) in [5.74, 6) is 0.556. The minimum Gasteiger partial charge on any atom is -0.407 e. The minimum atomic E-state index is -2.79. The molecule has 12 heteroatoms. The Kier molecular flexibility index (Phi) is 6.73. The van der Waals surface area contributed by atoms with Crippen LogP contribution < -0.4 is 5.56 Å². The monoisotopic (exact) mass is 589 g/mol. The number of aromatic nitrogens is 5. The van der Waals surface area contributed by atoms with E-state index in [0.717, 1.165) is 5.69 Å². The van der Waals surface area contributed by atoms with Gasteiger partial charge in [-0.05, 0) is 25.1 Å². The molecule has 2 aliphatic rings. The molecule has 3 aromatic rings. The van der Waals surface area contributed by atoms with Crippen LogP contribution in [0.25, 0.3) is 16.9 Å². The third-order valence-electron chi connectivity index (χ3n) is 9.28. The summed E-state index contributed by atoms with van der Waals surface area (Å²) in [6, 6.07) is 0. The Balaban J connectivity index is 1.66. The average Bonchev–Trinajstić information content (AvgIpc) is 3.46. The smallest absolute Gasteiger partial charge is 0.349 e. The molecule has 0 amide bonds. The normalized spacial score (nSPS) is 26.1. The number of aryl methyl sites for hydroxylation is 2. The molecule has 2 fully saturated rings. The number of fused-ring (bicyclic) bond motifs is 3. The van der Waals surface area contributed by atoms with Gasteiger partial charge in [0.25, 0.3) is 5.56 Å². The van der Waals surface area contributed by atoms with Crippen molar-refractivity contribution in [1.29, 1.82) is 0 Å². The standard InChI is InChI=1S/C28H47N5O5Si2/c1-17-14-32-23(34)19-22(30-25(32)31(17)11)33(16-29-19)24-21(37-39(12,13)26(2,3)4)20-18(36-24)15-35-40(38-20,27(5,6)7)28(8,9)10/h14,16,18,20-21,24H,15H2,1-13H3/t18-,20-,21-,24-/m1/s1. The van der Waals surface area contributed by atoms with Crippen molar-refractivity contribution in [3.63, 3.8) is 0 Å². The molecule has 5 rings (SSSR count). The molecule has 2 saturated heterocycles. The van der Waals surface area contributed by atoms with Crippen LogP contribution in [0.3, 0.4) is 0 Å². The van der Waals surface area contributed by atoms with E-state index in [-0.39, 0.29) is 32.9 Å². The fraction of sp³-hybridized carbons (Fsp3) is 0.750. The van der Waals surface area contributed by atoms with Crippen molar-refractivity contribution in [2.45, 2.75) is 122 Å². The second kappa shape index (κ2) is 9.08. The highest BCUT2D eigenvalue weighted by atomic mass is 28.4. The van der Waals surface area contributed by atoms with Crippen molar-refractivity contribution < 1.29 is 18.0 Å². The first-order chi connectivity index (χ1) is 18.2. The van der Waals surface area contributed by atoms with Crippen LogP contribution in [0.4, 0.5) is 0 Å². The summed E-state index contributed by atoms with van der Waals surface area (Å²) in [4.78, 5) is 22.8. The molecule has 10 nitrogen and oxygen atoms in total. The molecule has 0 N–H and O–H groups in total. The molecule has 222 valence electrons. The number of hydrogen-bond acceptors (Lipinski definition) is 7. The second-order valence-electron chi connectivity index (χ2n) is 15.2. The van der Waals surface area contributed by atoms with Crippen LogP contribution in [0, 0.1) is 6.92 Å². The molecule has 3 aromatic heterocycles. The van der Waals surface area contributed by atoms with Crippen LogP contribution in [-0.4, -0.2) is 65.3 Å². The first-order valence-electron chi connectivity index (χ1n) is 14.3. The third kappa shape index (κ3) is 4.28. The van der Waals surface area contributed by atoms with Gasteiger partial charge in [0.15, 0.2) is 25.7 Å². The fourth-order valence-electron chi connectivity index (χ4n) is 6.13. The third-order valence-corrected chi connectivity index (χ3v) is 18.9. The van der Waals surface area contributed by atoms with E-state index >= 15 is 0 Å². The molecule has 0 radical (unpaired) electrons. The number of imidazole rings is 2. The van der Waals surface area contributed by atoms with Gasteiger partial charge in [0.2, 0.25) is 5.78 Å². The molecule has 0 aliphatic carbocycles. The molecule has 40 heavy (non-hydrogen) atoms. The lowest BCUT2D eigenvalue weighted by molar-refractivity contribution is -0.0795. The molecule has 0 spiro atoms. The highest BCUT2D eigenvalue weighted by molar-refractivity contribution is 6.74. The van der Waals surface area contributed by atoms with Crippen LogP contribution in [-0.2, 0) is 25.1 Å². The molecular weight excluding hydrogens is 543 g/mol. The van der Waals surface area contributed by atoms with Gasteiger partial charge in [-0.3, -0.25) is 9.36 Å². The lowest BCUT2D eigenvalue weighted by Gasteiger charge is -2.54. The van der Waals surface area contributed by atoms with Gasteiger partial charge in [0, 0.05) is 29.0 Å². The molecule has 0 aromatic carbocycles. The lowest BCUT2D eigenvalue weighted by Crippen LogP contribution is -2.66. The van der Waals surface area contributed by atoms with Crippen LogP contribution in [0.15, 0.2) is 17.3 Å². The molecular formula is C28H47N5O5Si2. The molecule has 2 aliphatic heterocycles. The second-order valence-corrected chi connectivity index (χ2v) is 24.7. The maximum atomic E-state index is 13.4. The van der Waals surface area contributed by atoms with E-state index in [1.54, 1.807) is 16.9 Å². The molecule has 0 saturated carbocycles. The van der Waals surface area contributed by atoms with E-state index in [1.807, 2.05) is 23.1 Å². The Labute approximate surface area is 239 Å². The van der Waals surface area contributed by atoms with E-state index < -0.39 is 29.2 Å². The first-order valence-corrected chi connectivity index (χ1v) is 19.0. The Morgan fingerprint density at radius 2 is 1.70 bits per heavy atom. The quantitative estimate of drug-likeness (QED) is 0.376. The summed E-state index contributed by atoms with van der Waals surface area (Å²) in [7, 11) is -3.17. The summed E-state index contributed by atoms with van der Waals surface area (Å²) in [5, 5.41) is -0.377. The van der Waals surface area contributed by atoms with Gasteiger partial charge in [0.05, 0.1) is 12.9 Å². The molecule has 0 bridgehead atoms. The Hall–Kier alpha value is -1.84. The summed E-state index contributed by atoms with van der Waals surface area (Å²) in [6.45, 7) is 26.9. The molecule has 0 unspecified atom stereocenters. The number of ether oxygens (including phenoxy) is 1. The van der Waals surface area contributed by atoms with Gasteiger partial charge in [0.1, 0.15) is 18.3 Å². The van der Waals surface area contributed by atoms with Gasteiger partial charge < -0.3 is 22.6 Å². The zero-order valence-electron chi connectivity index (χ0n) is 26.4. The predicted molar refractivity (Wildman–Crippen MR) is 160 cm³/mol. The highest BCUT2D eigenvalue weighted by Crippen LogP contribution is 2.56. The predicted octanol–water partition coefficient (Wildman–Crippen LogP) is 5.44. The largest absolute Gasteiger partial charge is 0.407 e. The minimum absolute atomic E-state index is 0.0236. The van der Waals surface area contributed by atoms with Gasteiger partial charge in [-0.1, -0.05) is 62.3 Å². The zero-order chi connectivity index (χ0) is 29.8. The summed E-state index contributed by atoms with van der Waals surface area (Å²) in [6.07, 6.45) is 1.83. The van der Waals surface area contributed by atoms with E-state index in [4.69, 9.17) is 23.0 Å². The summed E-state index contributed by atoms with van der Waals surface area (Å²) in [5.41, 5.74) is 1.51. The Morgan fingerprint density at radius 3 is 2.27 bits per heavy atom. The van der Waals surface area contributed by atoms with Crippen molar-refractivity contribution in [3.8, 4) is 0 Å². The van der Waals surface area contributed by atoms with Crippen molar-refractivity contribution >= 4 is 33.8 Å². The average molecular weight is 590 g/mol. The Bertz CT molecular complexity index is 1490. The van der Waals surface area contributed by atoms with Crippen LogP contribution in [0.1, 0.15) is 74.2 Å². The van der Waals surface area contributed by atoms with Gasteiger partial charge in [-0.25, -0.2) is 9.38 Å². The number of nitrogens with zero attached hydrogens (tertiary/aromatic N) is 5. The number of hydrogen-bond donors (Lipinski definition) is 0. The van der Waals surface area contributed by atoms with E-state index in [0.29, 0.717) is 23.5 Å². The van der Waals surface area contributed by atoms with Gasteiger partial charge in [-0.2, -0.15) is 4.98 Å². The SMILES string of the molecule is Cc1cn2c(=O)c3ncn([C@@H]4O[C@@H]5CO[Si](C(C)(C)C)(C(C)(C)C)O[C@H]5[C@H]4O[Si](C)(C)C(C)(C)C)c3nc2n1C.